The van der Waals surface area contributed by atoms with E-state index in [-0.39, 0.29) is 11.8 Å². The molecule has 4 rings (SSSR count). The molecular weight excluding hydrogens is 336 g/mol. The van der Waals surface area contributed by atoms with Crippen molar-refractivity contribution in [2.24, 2.45) is 0 Å². The zero-order valence-corrected chi connectivity index (χ0v) is 14.2. The number of benzene rings is 2. The molecule has 2 heterocycles. The predicted molar refractivity (Wildman–Crippen MR) is 95.6 cm³/mol. The zero-order valence-electron chi connectivity index (χ0n) is 13.3. The van der Waals surface area contributed by atoms with Gasteiger partial charge >= 0.3 is 0 Å². The minimum atomic E-state index is -0.106. The Morgan fingerprint density at radius 2 is 2.08 bits per heavy atom. The van der Waals surface area contributed by atoms with Crippen LogP contribution in [0.25, 0.3) is 0 Å². The van der Waals surface area contributed by atoms with Crippen LogP contribution in [0.2, 0.25) is 0 Å². The fraction of sp³-hybridized carbons (Fsp3) is 0.158. The zero-order chi connectivity index (χ0) is 17.1. The molecule has 0 radical (unpaired) electrons. The second-order valence-electron chi connectivity index (χ2n) is 5.68. The number of hydrogen-bond acceptors (Lipinski definition) is 5. The van der Waals surface area contributed by atoms with Crippen molar-refractivity contribution in [2.75, 3.05) is 13.2 Å². The van der Waals surface area contributed by atoms with Crippen LogP contribution in [0, 0.1) is 0 Å². The fourth-order valence-electron chi connectivity index (χ4n) is 2.75. The van der Waals surface area contributed by atoms with Crippen molar-refractivity contribution >= 4 is 17.2 Å². The smallest absolute Gasteiger partial charge is 0.278 e. The molecule has 6 heteroatoms. The lowest BCUT2D eigenvalue weighted by Gasteiger charge is -2.11. The Balaban J connectivity index is 1.35. The minimum Gasteiger partial charge on any atom is -0.493 e. The maximum atomic E-state index is 12.3. The monoisotopic (exact) mass is 352 g/mol. The molecule has 0 saturated carbocycles. The number of nitrogens with zero attached hydrogens (tertiary/aromatic N) is 1. The van der Waals surface area contributed by atoms with Gasteiger partial charge in [0.15, 0.2) is 0 Å². The Labute approximate surface area is 149 Å². The number of hydrogen-bond donors (Lipinski definition) is 1. The lowest BCUT2D eigenvalue weighted by atomic mass is 10.0. The van der Waals surface area contributed by atoms with Crippen molar-refractivity contribution in [1.29, 1.82) is 0 Å². The number of nitrogens with one attached hydrogen (secondary N) is 1. The summed E-state index contributed by atoms with van der Waals surface area (Å²) in [4.78, 5) is 16.4. The van der Waals surface area contributed by atoms with Crippen LogP contribution < -0.4 is 14.8 Å². The Bertz CT molecular complexity index is 863. The molecule has 0 spiro atoms. The first-order valence-electron chi connectivity index (χ1n) is 7.97. The molecule has 1 aromatic heterocycles. The summed E-state index contributed by atoms with van der Waals surface area (Å²) in [5.41, 5.74) is 1.74. The molecule has 1 unspecified atom stereocenters. The quantitative estimate of drug-likeness (QED) is 0.758. The Morgan fingerprint density at radius 1 is 1.24 bits per heavy atom. The van der Waals surface area contributed by atoms with E-state index in [1.807, 2.05) is 29.6 Å². The number of rotatable bonds is 5. The van der Waals surface area contributed by atoms with Gasteiger partial charge in [-0.1, -0.05) is 29.5 Å². The SMILES string of the molecule is O=C(NCC1COc2ccccc21)c1ccc(Oc2nccs2)cc1. The molecule has 0 aliphatic carbocycles. The summed E-state index contributed by atoms with van der Waals surface area (Å²) in [5.74, 6) is 1.65. The molecule has 25 heavy (non-hydrogen) atoms. The lowest BCUT2D eigenvalue weighted by molar-refractivity contribution is 0.0950. The largest absolute Gasteiger partial charge is 0.493 e. The molecule has 0 fully saturated rings. The number of carbonyl (C=O) groups excluding carboxylic acids is 1. The average Bonchev–Trinajstić information content (AvgIpc) is 3.30. The number of carbonyl (C=O) groups is 1. The molecule has 1 aliphatic rings. The van der Waals surface area contributed by atoms with Crippen LogP contribution in [0.5, 0.6) is 16.7 Å². The van der Waals surface area contributed by atoms with E-state index in [4.69, 9.17) is 9.47 Å². The number of fused-ring (bicyclic) bond motifs is 1. The highest BCUT2D eigenvalue weighted by Crippen LogP contribution is 2.32. The summed E-state index contributed by atoms with van der Waals surface area (Å²) in [7, 11) is 0. The number of amides is 1. The van der Waals surface area contributed by atoms with Gasteiger partial charge < -0.3 is 14.8 Å². The standard InChI is InChI=1S/C19H16N2O3S/c22-18(21-11-14-12-23-17-4-2-1-3-16(14)17)13-5-7-15(8-6-13)24-19-20-9-10-25-19/h1-10,14H,11-12H2,(H,21,22). The van der Waals surface area contributed by atoms with Crippen LogP contribution in [0.1, 0.15) is 21.8 Å². The van der Waals surface area contributed by atoms with E-state index in [1.165, 1.54) is 11.3 Å². The summed E-state index contributed by atoms with van der Waals surface area (Å²) in [6.07, 6.45) is 1.69. The normalized spacial score (nSPS) is 15.3. The van der Waals surface area contributed by atoms with E-state index in [9.17, 15) is 4.79 Å². The van der Waals surface area contributed by atoms with Crippen LogP contribution in [0.15, 0.2) is 60.1 Å². The molecule has 1 amide bonds. The molecule has 1 N–H and O–H groups in total. The molecule has 1 aliphatic heterocycles. The van der Waals surface area contributed by atoms with Crippen molar-refractivity contribution in [2.45, 2.75) is 5.92 Å². The van der Waals surface area contributed by atoms with Gasteiger partial charge in [0, 0.05) is 35.2 Å². The highest BCUT2D eigenvalue weighted by Gasteiger charge is 2.24. The van der Waals surface area contributed by atoms with Gasteiger partial charge in [-0.15, -0.1) is 0 Å². The predicted octanol–water partition coefficient (Wildman–Crippen LogP) is 3.84. The van der Waals surface area contributed by atoms with Crippen molar-refractivity contribution < 1.29 is 14.3 Å². The minimum absolute atomic E-state index is 0.106. The first-order valence-corrected chi connectivity index (χ1v) is 8.85. The highest BCUT2D eigenvalue weighted by molar-refractivity contribution is 7.11. The average molecular weight is 352 g/mol. The second kappa shape index (κ2) is 6.94. The molecule has 1 atom stereocenters. The van der Waals surface area contributed by atoms with Gasteiger partial charge in [-0.25, -0.2) is 4.98 Å². The number of aromatic nitrogens is 1. The topological polar surface area (TPSA) is 60.5 Å². The first kappa shape index (κ1) is 15.7. The second-order valence-corrected chi connectivity index (χ2v) is 6.54. The number of ether oxygens (including phenoxy) is 2. The summed E-state index contributed by atoms with van der Waals surface area (Å²) in [6.45, 7) is 1.15. The molecule has 5 nitrogen and oxygen atoms in total. The van der Waals surface area contributed by atoms with Crippen LogP contribution in [0.4, 0.5) is 0 Å². The van der Waals surface area contributed by atoms with Gasteiger partial charge in [-0.05, 0) is 30.3 Å². The van der Waals surface area contributed by atoms with Gasteiger partial charge in [0.25, 0.3) is 11.1 Å². The highest BCUT2D eigenvalue weighted by atomic mass is 32.1. The Hall–Kier alpha value is -2.86. The van der Waals surface area contributed by atoms with Crippen molar-refractivity contribution in [1.82, 2.24) is 10.3 Å². The summed E-state index contributed by atoms with van der Waals surface area (Å²) in [6, 6.07) is 15.0. The molecule has 0 saturated heterocycles. The molecule has 0 bridgehead atoms. The molecule has 2 aromatic carbocycles. The molecular formula is C19H16N2O3S. The van der Waals surface area contributed by atoms with E-state index in [0.29, 0.717) is 29.7 Å². The Kier molecular flexibility index (Phi) is 4.35. The van der Waals surface area contributed by atoms with Gasteiger partial charge in [-0.3, -0.25) is 4.79 Å². The summed E-state index contributed by atoms with van der Waals surface area (Å²) < 4.78 is 11.2. The van der Waals surface area contributed by atoms with Gasteiger partial charge in [0.1, 0.15) is 11.5 Å². The van der Waals surface area contributed by atoms with E-state index in [1.54, 1.807) is 30.5 Å². The molecule has 126 valence electrons. The summed E-state index contributed by atoms with van der Waals surface area (Å²) >= 11 is 1.42. The molecule has 3 aromatic rings. The number of para-hydroxylation sites is 1. The van der Waals surface area contributed by atoms with E-state index >= 15 is 0 Å². The third kappa shape index (κ3) is 3.49. The fourth-order valence-corrected chi connectivity index (χ4v) is 3.26. The maximum absolute atomic E-state index is 12.3. The van der Waals surface area contributed by atoms with Gasteiger partial charge in [-0.2, -0.15) is 0 Å². The van der Waals surface area contributed by atoms with Crippen molar-refractivity contribution in [3.63, 3.8) is 0 Å². The van der Waals surface area contributed by atoms with Crippen LogP contribution in [-0.2, 0) is 0 Å². The van der Waals surface area contributed by atoms with Crippen LogP contribution >= 0.6 is 11.3 Å². The first-order chi connectivity index (χ1) is 12.3. The van der Waals surface area contributed by atoms with Gasteiger partial charge in [0.05, 0.1) is 6.61 Å². The van der Waals surface area contributed by atoms with E-state index in [0.717, 1.165) is 11.3 Å². The Morgan fingerprint density at radius 3 is 2.88 bits per heavy atom. The van der Waals surface area contributed by atoms with Crippen LogP contribution in [0.3, 0.4) is 0 Å². The lowest BCUT2D eigenvalue weighted by Crippen LogP contribution is -2.28. The number of thiazole rings is 1. The summed E-state index contributed by atoms with van der Waals surface area (Å²) in [5, 5.41) is 5.41. The third-order valence-electron chi connectivity index (χ3n) is 4.04. The maximum Gasteiger partial charge on any atom is 0.278 e. The third-order valence-corrected chi connectivity index (χ3v) is 4.69. The van der Waals surface area contributed by atoms with Crippen molar-refractivity contribution in [3.8, 4) is 16.7 Å². The van der Waals surface area contributed by atoms with E-state index in [2.05, 4.69) is 10.3 Å². The van der Waals surface area contributed by atoms with Crippen molar-refractivity contribution in [3.05, 3.63) is 71.2 Å². The van der Waals surface area contributed by atoms with Crippen LogP contribution in [-0.4, -0.2) is 24.0 Å². The van der Waals surface area contributed by atoms with Gasteiger partial charge in [0.2, 0.25) is 0 Å². The van der Waals surface area contributed by atoms with E-state index < -0.39 is 0 Å².